The molecule has 1 heterocycles. The minimum atomic E-state index is 0.193. The lowest BCUT2D eigenvalue weighted by atomic mass is 9.90. The van der Waals surface area contributed by atoms with Crippen molar-refractivity contribution >= 4 is 5.78 Å². The number of fused-ring (bicyclic) bond motifs is 2. The number of rotatable bonds is 0. The van der Waals surface area contributed by atoms with Crippen LogP contribution in [-0.2, 0) is 0 Å². The Balaban J connectivity index is 2.04. The van der Waals surface area contributed by atoms with Crippen LogP contribution < -0.4 is 4.74 Å². The van der Waals surface area contributed by atoms with Crippen molar-refractivity contribution in [2.45, 2.75) is 12.3 Å². The SMILES string of the molecule is O=C1CC2c3ccccc3Oc3cccc1c32. The fourth-order valence-corrected chi connectivity index (χ4v) is 2.88. The van der Waals surface area contributed by atoms with Crippen molar-refractivity contribution in [3.8, 4) is 11.5 Å². The fraction of sp³-hybridized carbons (Fsp3) is 0.133. The lowest BCUT2D eigenvalue weighted by Crippen LogP contribution is -2.06. The Kier molecular flexibility index (Phi) is 1.57. The van der Waals surface area contributed by atoms with E-state index >= 15 is 0 Å². The van der Waals surface area contributed by atoms with Crippen molar-refractivity contribution in [1.29, 1.82) is 0 Å². The van der Waals surface area contributed by atoms with E-state index in [2.05, 4.69) is 6.07 Å². The molecule has 0 bridgehead atoms. The topological polar surface area (TPSA) is 26.3 Å². The van der Waals surface area contributed by atoms with Crippen LogP contribution in [0.4, 0.5) is 0 Å². The van der Waals surface area contributed by atoms with E-state index in [9.17, 15) is 4.79 Å². The summed E-state index contributed by atoms with van der Waals surface area (Å²) in [5.41, 5.74) is 3.05. The number of hydrogen-bond donors (Lipinski definition) is 0. The molecule has 2 aliphatic rings. The zero-order valence-electron chi connectivity index (χ0n) is 9.14. The standard InChI is InChI=1S/C15H10O2/c16-12-8-11-9-4-1-2-6-13(9)17-14-7-3-5-10(12)15(11)14/h1-7,11H,8H2. The van der Waals surface area contributed by atoms with Gasteiger partial charge in [-0.2, -0.15) is 0 Å². The molecule has 2 nitrogen and oxygen atoms in total. The molecule has 17 heavy (non-hydrogen) atoms. The normalized spacial score (nSPS) is 19.5. The third-order valence-corrected chi connectivity index (χ3v) is 3.62. The van der Waals surface area contributed by atoms with Crippen molar-refractivity contribution in [1.82, 2.24) is 0 Å². The number of para-hydroxylation sites is 1. The summed E-state index contributed by atoms with van der Waals surface area (Å²) in [6.45, 7) is 0. The lowest BCUT2D eigenvalue weighted by molar-refractivity contribution is 0.0991. The molecule has 4 rings (SSSR count). The second-order valence-corrected chi connectivity index (χ2v) is 4.54. The maximum atomic E-state index is 12.0. The first-order valence-corrected chi connectivity index (χ1v) is 5.77. The summed E-state index contributed by atoms with van der Waals surface area (Å²) in [4.78, 5) is 12.0. The molecule has 0 radical (unpaired) electrons. The second-order valence-electron chi connectivity index (χ2n) is 4.54. The van der Waals surface area contributed by atoms with Gasteiger partial charge in [0.1, 0.15) is 11.5 Å². The molecule has 0 saturated carbocycles. The minimum absolute atomic E-state index is 0.193. The van der Waals surface area contributed by atoms with Crippen LogP contribution in [0, 0.1) is 0 Å². The maximum Gasteiger partial charge on any atom is 0.164 e. The monoisotopic (exact) mass is 222 g/mol. The van der Waals surface area contributed by atoms with E-state index in [-0.39, 0.29) is 11.7 Å². The van der Waals surface area contributed by atoms with E-state index in [1.54, 1.807) is 0 Å². The zero-order chi connectivity index (χ0) is 11.4. The van der Waals surface area contributed by atoms with Crippen LogP contribution in [0.15, 0.2) is 42.5 Å². The molecule has 0 fully saturated rings. The van der Waals surface area contributed by atoms with E-state index in [4.69, 9.17) is 4.74 Å². The Hall–Kier alpha value is -2.09. The number of ketones is 1. The predicted molar refractivity (Wildman–Crippen MR) is 63.7 cm³/mol. The largest absolute Gasteiger partial charge is 0.457 e. The summed E-state index contributed by atoms with van der Waals surface area (Å²) < 4.78 is 5.86. The quantitative estimate of drug-likeness (QED) is 0.681. The average Bonchev–Trinajstić information content (AvgIpc) is 2.70. The van der Waals surface area contributed by atoms with Gasteiger partial charge in [-0.25, -0.2) is 0 Å². The van der Waals surface area contributed by atoms with Crippen molar-refractivity contribution in [2.75, 3.05) is 0 Å². The van der Waals surface area contributed by atoms with Gasteiger partial charge in [0, 0.05) is 29.0 Å². The third-order valence-electron chi connectivity index (χ3n) is 3.62. The number of Topliss-reactive ketones (excluding diaryl/α,β-unsaturated/α-hetero) is 1. The number of benzene rings is 2. The maximum absolute atomic E-state index is 12.0. The molecule has 2 heteroatoms. The van der Waals surface area contributed by atoms with Crippen LogP contribution >= 0.6 is 0 Å². The summed E-state index contributed by atoms with van der Waals surface area (Å²) in [7, 11) is 0. The highest BCUT2D eigenvalue weighted by atomic mass is 16.5. The Morgan fingerprint density at radius 1 is 1.00 bits per heavy atom. The van der Waals surface area contributed by atoms with E-state index in [0.717, 1.165) is 28.2 Å². The van der Waals surface area contributed by atoms with Gasteiger partial charge in [0.25, 0.3) is 0 Å². The summed E-state index contributed by atoms with van der Waals surface area (Å²) in [5, 5.41) is 0. The van der Waals surface area contributed by atoms with Crippen LogP contribution in [0.25, 0.3) is 0 Å². The highest BCUT2D eigenvalue weighted by Crippen LogP contribution is 2.50. The predicted octanol–water partition coefficient (Wildman–Crippen LogP) is 3.51. The lowest BCUT2D eigenvalue weighted by Gasteiger charge is -2.24. The molecule has 2 aromatic rings. The highest BCUT2D eigenvalue weighted by molar-refractivity contribution is 6.03. The Bertz CT molecular complexity index is 643. The molecule has 0 spiro atoms. The van der Waals surface area contributed by atoms with Crippen LogP contribution in [-0.4, -0.2) is 5.78 Å². The molecule has 1 aliphatic heterocycles. The molecule has 0 N–H and O–H groups in total. The molecule has 1 aliphatic carbocycles. The summed E-state index contributed by atoms with van der Waals surface area (Å²) in [6, 6.07) is 13.7. The van der Waals surface area contributed by atoms with Gasteiger partial charge in [-0.05, 0) is 12.1 Å². The van der Waals surface area contributed by atoms with E-state index in [0.29, 0.717) is 6.42 Å². The molecule has 0 amide bonds. The van der Waals surface area contributed by atoms with Gasteiger partial charge >= 0.3 is 0 Å². The van der Waals surface area contributed by atoms with Crippen LogP contribution in [0.1, 0.15) is 33.8 Å². The van der Waals surface area contributed by atoms with E-state index in [1.807, 2.05) is 36.4 Å². The number of ether oxygens (including phenoxy) is 1. The summed E-state index contributed by atoms with van der Waals surface area (Å²) >= 11 is 0. The first-order valence-electron chi connectivity index (χ1n) is 5.77. The van der Waals surface area contributed by atoms with Crippen LogP contribution in [0.2, 0.25) is 0 Å². The Morgan fingerprint density at radius 2 is 1.82 bits per heavy atom. The second kappa shape index (κ2) is 2.98. The Morgan fingerprint density at radius 3 is 2.76 bits per heavy atom. The molecular formula is C15H10O2. The molecule has 2 aromatic carbocycles. The van der Waals surface area contributed by atoms with Gasteiger partial charge in [0.2, 0.25) is 0 Å². The van der Waals surface area contributed by atoms with Crippen molar-refractivity contribution in [3.63, 3.8) is 0 Å². The zero-order valence-corrected chi connectivity index (χ0v) is 9.14. The average molecular weight is 222 g/mol. The van der Waals surface area contributed by atoms with Crippen LogP contribution in [0.5, 0.6) is 11.5 Å². The first kappa shape index (κ1) is 8.99. The third kappa shape index (κ3) is 1.07. The molecule has 0 saturated heterocycles. The minimum Gasteiger partial charge on any atom is -0.457 e. The summed E-state index contributed by atoms with van der Waals surface area (Å²) in [5.74, 6) is 2.15. The highest BCUT2D eigenvalue weighted by Gasteiger charge is 2.37. The molecule has 1 atom stereocenters. The van der Waals surface area contributed by atoms with Gasteiger partial charge in [-0.1, -0.05) is 30.3 Å². The van der Waals surface area contributed by atoms with Gasteiger partial charge < -0.3 is 4.74 Å². The molecule has 1 unspecified atom stereocenters. The van der Waals surface area contributed by atoms with Gasteiger partial charge in [0.05, 0.1) is 0 Å². The molecule has 82 valence electrons. The number of carbonyl (C=O) groups is 1. The van der Waals surface area contributed by atoms with Gasteiger partial charge in [-0.15, -0.1) is 0 Å². The van der Waals surface area contributed by atoms with Crippen LogP contribution in [0.3, 0.4) is 0 Å². The smallest absolute Gasteiger partial charge is 0.164 e. The molecular weight excluding hydrogens is 212 g/mol. The first-order chi connectivity index (χ1) is 8.34. The van der Waals surface area contributed by atoms with Crippen molar-refractivity contribution < 1.29 is 9.53 Å². The van der Waals surface area contributed by atoms with E-state index < -0.39 is 0 Å². The van der Waals surface area contributed by atoms with Crippen molar-refractivity contribution in [3.05, 3.63) is 59.2 Å². The molecule has 0 aromatic heterocycles. The van der Waals surface area contributed by atoms with Crippen molar-refractivity contribution in [2.24, 2.45) is 0 Å². The van der Waals surface area contributed by atoms with Gasteiger partial charge in [-0.3, -0.25) is 4.79 Å². The van der Waals surface area contributed by atoms with E-state index in [1.165, 1.54) is 0 Å². The summed E-state index contributed by atoms with van der Waals surface area (Å²) in [6.07, 6.45) is 0.576. The number of hydrogen-bond acceptors (Lipinski definition) is 2. The number of carbonyl (C=O) groups excluding carboxylic acids is 1. The Labute approximate surface area is 98.8 Å². The fourth-order valence-electron chi connectivity index (χ4n) is 2.88. The van der Waals surface area contributed by atoms with Gasteiger partial charge in [0.15, 0.2) is 5.78 Å².